The molecule has 3 rings (SSSR count). The first-order chi connectivity index (χ1) is 10.8. The van der Waals surface area contributed by atoms with Crippen molar-refractivity contribution in [3.63, 3.8) is 0 Å². The van der Waals surface area contributed by atoms with Gasteiger partial charge >= 0.3 is 5.97 Å². The molecule has 1 aromatic heterocycles. The molecule has 0 N–H and O–H groups in total. The second kappa shape index (κ2) is 6.31. The molecular weight excluding hydrogens is 274 g/mol. The molecule has 0 aliphatic carbocycles. The van der Waals surface area contributed by atoms with E-state index < -0.39 is 0 Å². The Morgan fingerprint density at radius 2 is 1.59 bits per heavy atom. The highest BCUT2D eigenvalue weighted by molar-refractivity contribution is 5.96. The van der Waals surface area contributed by atoms with Gasteiger partial charge in [0.15, 0.2) is 0 Å². The Labute approximate surface area is 129 Å². The maximum Gasteiger partial charge on any atom is 0.340 e. The summed E-state index contributed by atoms with van der Waals surface area (Å²) in [6.07, 6.45) is 1.93. The third-order valence-electron chi connectivity index (χ3n) is 3.61. The number of benzene rings is 2. The lowest BCUT2D eigenvalue weighted by Crippen LogP contribution is -2.06. The van der Waals surface area contributed by atoms with Crippen molar-refractivity contribution >= 4 is 5.97 Å². The van der Waals surface area contributed by atoms with E-state index in [4.69, 9.17) is 4.74 Å². The quantitative estimate of drug-likeness (QED) is 0.681. The van der Waals surface area contributed by atoms with Gasteiger partial charge < -0.3 is 9.30 Å². The van der Waals surface area contributed by atoms with E-state index in [1.54, 1.807) is 0 Å². The molecule has 0 amide bonds. The predicted molar refractivity (Wildman–Crippen MR) is 86.8 cm³/mol. The molecule has 0 aliphatic rings. The molecular formula is C19H17NO2. The van der Waals surface area contributed by atoms with Crippen LogP contribution in [-0.2, 0) is 11.3 Å². The van der Waals surface area contributed by atoms with Crippen molar-refractivity contribution < 1.29 is 9.53 Å². The summed E-state index contributed by atoms with van der Waals surface area (Å²) < 4.78 is 6.99. The standard InChI is InChI=1S/C19H17NO2/c1-22-19(21)17-12-13-20(14-15-8-4-2-5-9-15)18(17)16-10-6-3-7-11-16/h2-13H,14H2,1H3. The molecule has 3 heteroatoms. The van der Waals surface area contributed by atoms with Crippen molar-refractivity contribution in [2.75, 3.05) is 7.11 Å². The topological polar surface area (TPSA) is 31.2 Å². The summed E-state index contributed by atoms with van der Waals surface area (Å²) in [5.74, 6) is -0.314. The monoisotopic (exact) mass is 291 g/mol. The zero-order valence-corrected chi connectivity index (χ0v) is 12.4. The van der Waals surface area contributed by atoms with Crippen LogP contribution in [-0.4, -0.2) is 17.6 Å². The summed E-state index contributed by atoms with van der Waals surface area (Å²) in [6.45, 7) is 0.710. The summed E-state index contributed by atoms with van der Waals surface area (Å²) in [7, 11) is 1.41. The van der Waals surface area contributed by atoms with Gasteiger partial charge in [-0.1, -0.05) is 60.7 Å². The van der Waals surface area contributed by atoms with Crippen LogP contribution in [0.4, 0.5) is 0 Å². The number of hydrogen-bond donors (Lipinski definition) is 0. The van der Waals surface area contributed by atoms with E-state index in [1.165, 1.54) is 12.7 Å². The highest BCUT2D eigenvalue weighted by Crippen LogP contribution is 2.26. The Hall–Kier alpha value is -2.81. The molecule has 2 aromatic carbocycles. The highest BCUT2D eigenvalue weighted by Gasteiger charge is 2.18. The minimum absolute atomic E-state index is 0.314. The van der Waals surface area contributed by atoms with E-state index >= 15 is 0 Å². The van der Waals surface area contributed by atoms with Crippen molar-refractivity contribution in [2.45, 2.75) is 6.54 Å². The predicted octanol–water partition coefficient (Wildman–Crippen LogP) is 3.99. The lowest BCUT2D eigenvalue weighted by atomic mass is 10.1. The molecule has 0 aliphatic heterocycles. The minimum atomic E-state index is -0.314. The third-order valence-corrected chi connectivity index (χ3v) is 3.61. The van der Waals surface area contributed by atoms with E-state index in [2.05, 4.69) is 16.7 Å². The lowest BCUT2D eigenvalue weighted by Gasteiger charge is -2.11. The third kappa shape index (κ3) is 2.79. The fourth-order valence-corrected chi connectivity index (χ4v) is 2.58. The van der Waals surface area contributed by atoms with Crippen LogP contribution < -0.4 is 0 Å². The van der Waals surface area contributed by atoms with Crippen LogP contribution in [0.5, 0.6) is 0 Å². The van der Waals surface area contributed by atoms with Crippen molar-refractivity contribution in [3.8, 4) is 11.3 Å². The number of esters is 1. The summed E-state index contributed by atoms with van der Waals surface area (Å²) in [6, 6.07) is 21.9. The Morgan fingerprint density at radius 1 is 0.955 bits per heavy atom. The van der Waals surface area contributed by atoms with Crippen LogP contribution in [0.2, 0.25) is 0 Å². The molecule has 3 nitrogen and oxygen atoms in total. The summed E-state index contributed by atoms with van der Waals surface area (Å²) in [5.41, 5.74) is 3.66. The number of hydrogen-bond acceptors (Lipinski definition) is 2. The number of aromatic nitrogens is 1. The smallest absolute Gasteiger partial charge is 0.340 e. The summed E-state index contributed by atoms with van der Waals surface area (Å²) >= 11 is 0. The SMILES string of the molecule is COC(=O)c1ccn(Cc2ccccc2)c1-c1ccccc1. The number of methoxy groups -OCH3 is 1. The van der Waals surface area contributed by atoms with Crippen molar-refractivity contribution in [1.29, 1.82) is 0 Å². The molecule has 3 aromatic rings. The van der Waals surface area contributed by atoms with Gasteiger partial charge in [0.25, 0.3) is 0 Å². The normalized spacial score (nSPS) is 10.4. The molecule has 0 bridgehead atoms. The molecule has 0 spiro atoms. The molecule has 0 fully saturated rings. The average Bonchev–Trinajstić information content (AvgIpc) is 2.99. The van der Waals surface area contributed by atoms with Gasteiger partial charge in [-0.05, 0) is 17.2 Å². The van der Waals surface area contributed by atoms with Crippen LogP contribution in [0.1, 0.15) is 15.9 Å². The Kier molecular flexibility index (Phi) is 4.05. The first kappa shape index (κ1) is 14.1. The molecule has 0 atom stereocenters. The first-order valence-corrected chi connectivity index (χ1v) is 7.16. The second-order valence-corrected chi connectivity index (χ2v) is 5.05. The zero-order valence-electron chi connectivity index (χ0n) is 12.4. The van der Waals surface area contributed by atoms with E-state index in [0.717, 1.165) is 11.3 Å². The Bertz CT molecular complexity index is 761. The van der Waals surface area contributed by atoms with Crippen LogP contribution in [0.25, 0.3) is 11.3 Å². The molecule has 110 valence electrons. The van der Waals surface area contributed by atoms with E-state index in [9.17, 15) is 4.79 Å². The molecule has 0 radical (unpaired) electrons. The molecule has 0 saturated heterocycles. The number of rotatable bonds is 4. The fraction of sp³-hybridized carbons (Fsp3) is 0.105. The average molecular weight is 291 g/mol. The first-order valence-electron chi connectivity index (χ1n) is 7.16. The van der Waals surface area contributed by atoms with Gasteiger partial charge in [-0.15, -0.1) is 0 Å². The van der Waals surface area contributed by atoms with E-state index in [1.807, 2.05) is 60.8 Å². The number of carbonyl (C=O) groups is 1. The Balaban J connectivity index is 2.07. The van der Waals surface area contributed by atoms with Gasteiger partial charge in [0.05, 0.1) is 18.4 Å². The van der Waals surface area contributed by atoms with E-state index in [-0.39, 0.29) is 5.97 Å². The van der Waals surface area contributed by atoms with Gasteiger partial charge in [-0.25, -0.2) is 4.79 Å². The second-order valence-electron chi connectivity index (χ2n) is 5.05. The highest BCUT2D eigenvalue weighted by atomic mass is 16.5. The van der Waals surface area contributed by atoms with Crippen LogP contribution in [0, 0.1) is 0 Å². The summed E-state index contributed by atoms with van der Waals surface area (Å²) in [4.78, 5) is 12.0. The maximum absolute atomic E-state index is 12.0. The largest absolute Gasteiger partial charge is 0.465 e. The number of carbonyl (C=O) groups excluding carboxylic acids is 1. The van der Waals surface area contributed by atoms with Crippen molar-refractivity contribution in [2.24, 2.45) is 0 Å². The number of ether oxygens (including phenoxy) is 1. The molecule has 0 unspecified atom stereocenters. The maximum atomic E-state index is 12.0. The fourth-order valence-electron chi connectivity index (χ4n) is 2.58. The lowest BCUT2D eigenvalue weighted by molar-refractivity contribution is 0.0601. The van der Waals surface area contributed by atoms with Crippen molar-refractivity contribution in [3.05, 3.63) is 84.1 Å². The molecule has 1 heterocycles. The molecule has 22 heavy (non-hydrogen) atoms. The molecule has 0 saturated carbocycles. The van der Waals surface area contributed by atoms with E-state index in [0.29, 0.717) is 12.1 Å². The van der Waals surface area contributed by atoms with Gasteiger partial charge in [0.2, 0.25) is 0 Å². The van der Waals surface area contributed by atoms with Gasteiger partial charge in [0, 0.05) is 12.7 Å². The zero-order chi connectivity index (χ0) is 15.4. The van der Waals surface area contributed by atoms with Crippen LogP contribution >= 0.6 is 0 Å². The number of nitrogens with zero attached hydrogens (tertiary/aromatic N) is 1. The Morgan fingerprint density at radius 3 is 2.23 bits per heavy atom. The van der Waals surface area contributed by atoms with Crippen LogP contribution in [0.3, 0.4) is 0 Å². The minimum Gasteiger partial charge on any atom is -0.465 e. The van der Waals surface area contributed by atoms with Crippen LogP contribution in [0.15, 0.2) is 72.9 Å². The van der Waals surface area contributed by atoms with Crippen molar-refractivity contribution in [1.82, 2.24) is 4.57 Å². The van der Waals surface area contributed by atoms with Gasteiger partial charge in [-0.2, -0.15) is 0 Å². The van der Waals surface area contributed by atoms with Gasteiger partial charge in [0.1, 0.15) is 0 Å². The van der Waals surface area contributed by atoms with Gasteiger partial charge in [-0.3, -0.25) is 0 Å². The summed E-state index contributed by atoms with van der Waals surface area (Å²) in [5, 5.41) is 0.